The number of methoxy groups -OCH3 is 1. The number of benzene rings is 2. The van der Waals surface area contributed by atoms with Crippen LogP contribution in [0.2, 0.25) is 0 Å². The van der Waals surface area contributed by atoms with E-state index in [1.807, 2.05) is 36.4 Å². The fourth-order valence-electron chi connectivity index (χ4n) is 2.10. The van der Waals surface area contributed by atoms with E-state index in [0.717, 1.165) is 33.6 Å². The minimum Gasteiger partial charge on any atom is -0.497 e. The van der Waals surface area contributed by atoms with Gasteiger partial charge < -0.3 is 15.5 Å². The van der Waals surface area contributed by atoms with Crippen molar-refractivity contribution in [3.05, 3.63) is 48.5 Å². The molecule has 3 aromatic rings. The smallest absolute Gasteiger partial charge is 0.119 e. The van der Waals surface area contributed by atoms with Gasteiger partial charge in [0.25, 0.3) is 0 Å². The van der Waals surface area contributed by atoms with Crippen LogP contribution < -0.4 is 10.5 Å². The summed E-state index contributed by atoms with van der Waals surface area (Å²) in [6, 6.07) is 15.9. The van der Waals surface area contributed by atoms with Gasteiger partial charge in [0, 0.05) is 27.8 Å². The number of aromatic nitrogens is 1. The quantitative estimate of drug-likeness (QED) is 0.672. The van der Waals surface area contributed by atoms with Gasteiger partial charge in [0.2, 0.25) is 0 Å². The van der Waals surface area contributed by atoms with E-state index in [-0.39, 0.29) is 0 Å². The lowest BCUT2D eigenvalue weighted by atomic mass is 10.1. The van der Waals surface area contributed by atoms with Gasteiger partial charge in [0.15, 0.2) is 0 Å². The van der Waals surface area contributed by atoms with Crippen LogP contribution >= 0.6 is 0 Å². The molecule has 0 aliphatic carbocycles. The molecule has 90 valence electrons. The molecule has 0 amide bonds. The van der Waals surface area contributed by atoms with Crippen molar-refractivity contribution in [3.8, 4) is 17.0 Å². The second-order valence-corrected chi connectivity index (χ2v) is 4.26. The number of ether oxygens (including phenoxy) is 1. The van der Waals surface area contributed by atoms with Crippen molar-refractivity contribution < 1.29 is 4.74 Å². The monoisotopic (exact) mass is 238 g/mol. The Hall–Kier alpha value is -2.42. The molecule has 0 spiro atoms. The van der Waals surface area contributed by atoms with Crippen LogP contribution in [0.25, 0.3) is 22.2 Å². The maximum Gasteiger partial charge on any atom is 0.119 e. The molecule has 1 aromatic heterocycles. The molecule has 3 heteroatoms. The van der Waals surface area contributed by atoms with Crippen LogP contribution in [0.3, 0.4) is 0 Å². The fraction of sp³-hybridized carbons (Fsp3) is 0.0667. The molecule has 0 aliphatic rings. The first kappa shape index (κ1) is 10.7. The molecule has 0 fully saturated rings. The maximum absolute atomic E-state index is 5.78. The number of nitrogens with two attached hydrogens (primary N) is 1. The number of rotatable bonds is 2. The molecule has 3 N–H and O–H groups in total. The highest BCUT2D eigenvalue weighted by Gasteiger charge is 2.04. The predicted molar refractivity (Wildman–Crippen MR) is 74.7 cm³/mol. The van der Waals surface area contributed by atoms with Crippen LogP contribution in [0.15, 0.2) is 48.5 Å². The van der Waals surface area contributed by atoms with Gasteiger partial charge in [-0.3, -0.25) is 0 Å². The Morgan fingerprint density at radius 1 is 1.06 bits per heavy atom. The normalized spacial score (nSPS) is 10.7. The third-order valence-electron chi connectivity index (χ3n) is 3.03. The van der Waals surface area contributed by atoms with Crippen molar-refractivity contribution in [2.24, 2.45) is 0 Å². The average molecular weight is 238 g/mol. The third kappa shape index (κ3) is 1.80. The van der Waals surface area contributed by atoms with Crippen molar-refractivity contribution in [2.75, 3.05) is 12.8 Å². The van der Waals surface area contributed by atoms with Crippen molar-refractivity contribution in [1.29, 1.82) is 0 Å². The topological polar surface area (TPSA) is 51.0 Å². The highest BCUT2D eigenvalue weighted by atomic mass is 16.5. The van der Waals surface area contributed by atoms with Crippen LogP contribution in [-0.4, -0.2) is 12.1 Å². The summed E-state index contributed by atoms with van der Waals surface area (Å²) in [6.07, 6.45) is 0. The molecule has 0 unspecified atom stereocenters. The Labute approximate surface area is 105 Å². The Morgan fingerprint density at radius 2 is 1.94 bits per heavy atom. The first-order chi connectivity index (χ1) is 8.76. The summed E-state index contributed by atoms with van der Waals surface area (Å²) in [5, 5.41) is 1.12. The molecular formula is C15H14N2O. The van der Waals surface area contributed by atoms with E-state index in [1.54, 1.807) is 7.11 Å². The van der Waals surface area contributed by atoms with Gasteiger partial charge >= 0.3 is 0 Å². The summed E-state index contributed by atoms with van der Waals surface area (Å²) in [5.74, 6) is 0.852. The third-order valence-corrected chi connectivity index (χ3v) is 3.03. The Kier molecular flexibility index (Phi) is 2.45. The minimum atomic E-state index is 0.777. The zero-order chi connectivity index (χ0) is 12.5. The second kappa shape index (κ2) is 4.11. The van der Waals surface area contributed by atoms with Gasteiger partial charge in [-0.25, -0.2) is 0 Å². The number of nitrogen functional groups attached to an aromatic ring is 1. The molecule has 0 radical (unpaired) electrons. The zero-order valence-electron chi connectivity index (χ0n) is 10.1. The number of aromatic amines is 1. The summed E-state index contributed by atoms with van der Waals surface area (Å²) in [7, 11) is 1.67. The molecule has 0 bridgehead atoms. The SMILES string of the molecule is COc1cccc(-c2cc3cc(N)ccc3[nH]2)c1. The van der Waals surface area contributed by atoms with Gasteiger partial charge in [-0.15, -0.1) is 0 Å². The van der Waals surface area contributed by atoms with Gasteiger partial charge in [-0.1, -0.05) is 12.1 Å². The van der Waals surface area contributed by atoms with Crippen molar-refractivity contribution >= 4 is 16.6 Å². The lowest BCUT2D eigenvalue weighted by Crippen LogP contribution is -1.83. The molecule has 2 aromatic carbocycles. The van der Waals surface area contributed by atoms with Crippen LogP contribution in [0.5, 0.6) is 5.75 Å². The fourth-order valence-corrected chi connectivity index (χ4v) is 2.10. The summed E-state index contributed by atoms with van der Waals surface area (Å²) >= 11 is 0. The molecule has 3 rings (SSSR count). The molecule has 0 saturated heterocycles. The van der Waals surface area contributed by atoms with Crippen LogP contribution in [0.4, 0.5) is 5.69 Å². The highest BCUT2D eigenvalue weighted by Crippen LogP contribution is 2.27. The highest BCUT2D eigenvalue weighted by molar-refractivity contribution is 5.88. The Morgan fingerprint density at radius 3 is 2.78 bits per heavy atom. The van der Waals surface area contributed by atoms with Crippen molar-refractivity contribution in [1.82, 2.24) is 4.98 Å². The minimum absolute atomic E-state index is 0.777. The lowest BCUT2D eigenvalue weighted by Gasteiger charge is -2.02. The van der Waals surface area contributed by atoms with E-state index in [2.05, 4.69) is 17.1 Å². The summed E-state index contributed by atoms with van der Waals surface area (Å²) in [4.78, 5) is 3.38. The number of fused-ring (bicyclic) bond motifs is 1. The van der Waals surface area contributed by atoms with Gasteiger partial charge in [0.1, 0.15) is 5.75 Å². The second-order valence-electron chi connectivity index (χ2n) is 4.26. The number of hydrogen-bond acceptors (Lipinski definition) is 2. The van der Waals surface area contributed by atoms with Gasteiger partial charge in [0.05, 0.1) is 7.11 Å². The Balaban J connectivity index is 2.13. The Bertz CT molecular complexity index is 701. The number of hydrogen-bond donors (Lipinski definition) is 2. The van der Waals surface area contributed by atoms with E-state index in [9.17, 15) is 0 Å². The van der Waals surface area contributed by atoms with Crippen LogP contribution in [-0.2, 0) is 0 Å². The van der Waals surface area contributed by atoms with E-state index < -0.39 is 0 Å². The summed E-state index contributed by atoms with van der Waals surface area (Å²) in [5.41, 5.74) is 9.81. The molecular weight excluding hydrogens is 224 g/mol. The molecule has 1 heterocycles. The largest absolute Gasteiger partial charge is 0.497 e. The average Bonchev–Trinajstić information content (AvgIpc) is 2.81. The molecule has 18 heavy (non-hydrogen) atoms. The van der Waals surface area contributed by atoms with Crippen molar-refractivity contribution in [2.45, 2.75) is 0 Å². The van der Waals surface area contributed by atoms with E-state index in [4.69, 9.17) is 10.5 Å². The number of nitrogens with one attached hydrogen (secondary N) is 1. The van der Waals surface area contributed by atoms with E-state index >= 15 is 0 Å². The van der Waals surface area contributed by atoms with E-state index in [0.29, 0.717) is 0 Å². The predicted octanol–water partition coefficient (Wildman–Crippen LogP) is 3.43. The van der Waals surface area contributed by atoms with Crippen LogP contribution in [0, 0.1) is 0 Å². The molecule has 0 saturated carbocycles. The zero-order valence-corrected chi connectivity index (χ0v) is 10.1. The number of anilines is 1. The van der Waals surface area contributed by atoms with Gasteiger partial charge in [-0.05, 0) is 36.4 Å². The van der Waals surface area contributed by atoms with E-state index in [1.165, 1.54) is 0 Å². The van der Waals surface area contributed by atoms with Crippen molar-refractivity contribution in [3.63, 3.8) is 0 Å². The lowest BCUT2D eigenvalue weighted by molar-refractivity contribution is 0.415. The maximum atomic E-state index is 5.78. The van der Waals surface area contributed by atoms with Gasteiger partial charge in [-0.2, -0.15) is 0 Å². The van der Waals surface area contributed by atoms with Crippen LogP contribution in [0.1, 0.15) is 0 Å². The summed E-state index contributed by atoms with van der Waals surface area (Å²) < 4.78 is 5.24. The standard InChI is InChI=1S/C15H14N2O/c1-18-13-4-2-3-10(8-13)15-9-11-7-12(16)5-6-14(11)17-15/h2-9,17H,16H2,1H3. The summed E-state index contributed by atoms with van der Waals surface area (Å²) in [6.45, 7) is 0. The first-order valence-corrected chi connectivity index (χ1v) is 5.79. The number of H-pyrrole nitrogens is 1. The molecule has 3 nitrogen and oxygen atoms in total. The molecule has 0 atom stereocenters. The first-order valence-electron chi connectivity index (χ1n) is 5.79. The molecule has 0 aliphatic heterocycles.